The molecule has 0 saturated carbocycles. The fourth-order valence-electron chi connectivity index (χ4n) is 2.58. The quantitative estimate of drug-likeness (QED) is 0.690. The first kappa shape index (κ1) is 18.7. The van der Waals surface area contributed by atoms with Crippen LogP contribution < -0.4 is 15.5 Å². The van der Waals surface area contributed by atoms with Gasteiger partial charge in [0.25, 0.3) is 0 Å². The summed E-state index contributed by atoms with van der Waals surface area (Å²) in [7, 11) is 4.24. The molecular weight excluding hydrogens is 338 g/mol. The standard InChI is InChI=1S/C19H24ClN3S/c1-4-14-9-11-15(12-10-14)22-19(24)21-13-18(23(2)3)16-7-5-6-8-17(16)20/h5-12,18H,4,13H2,1-3H3,(H2,21,22,24)/p+1/t18-/m0/s1. The van der Waals surface area contributed by atoms with Crippen molar-refractivity contribution in [3.63, 3.8) is 0 Å². The van der Waals surface area contributed by atoms with Crippen LogP contribution in [0.1, 0.15) is 24.1 Å². The van der Waals surface area contributed by atoms with Crippen molar-refractivity contribution in [2.75, 3.05) is 26.0 Å². The molecule has 0 bridgehead atoms. The van der Waals surface area contributed by atoms with Gasteiger partial charge in [0.2, 0.25) is 0 Å². The molecule has 3 nitrogen and oxygen atoms in total. The van der Waals surface area contributed by atoms with Crippen molar-refractivity contribution < 1.29 is 4.90 Å². The van der Waals surface area contributed by atoms with E-state index in [0.29, 0.717) is 11.7 Å². The Morgan fingerprint density at radius 3 is 2.38 bits per heavy atom. The second-order valence-electron chi connectivity index (χ2n) is 6.04. The van der Waals surface area contributed by atoms with Crippen molar-refractivity contribution in [3.05, 3.63) is 64.7 Å². The molecule has 0 fully saturated rings. The Hall–Kier alpha value is -1.62. The van der Waals surface area contributed by atoms with E-state index >= 15 is 0 Å². The Bertz CT molecular complexity index is 671. The van der Waals surface area contributed by atoms with Gasteiger partial charge in [0, 0.05) is 16.3 Å². The number of benzene rings is 2. The highest BCUT2D eigenvalue weighted by atomic mass is 35.5. The molecular formula is C19H25ClN3S+. The first-order valence-electron chi connectivity index (χ1n) is 8.19. The molecule has 0 aliphatic heterocycles. The van der Waals surface area contributed by atoms with Gasteiger partial charge in [0.15, 0.2) is 5.11 Å². The van der Waals surface area contributed by atoms with Crippen molar-refractivity contribution in [2.24, 2.45) is 0 Å². The van der Waals surface area contributed by atoms with Crippen molar-refractivity contribution in [3.8, 4) is 0 Å². The number of anilines is 1. The van der Waals surface area contributed by atoms with E-state index in [1.165, 1.54) is 10.5 Å². The van der Waals surface area contributed by atoms with E-state index < -0.39 is 0 Å². The Morgan fingerprint density at radius 1 is 1.12 bits per heavy atom. The summed E-state index contributed by atoms with van der Waals surface area (Å²) in [6, 6.07) is 16.5. The number of quaternary nitrogens is 1. The van der Waals surface area contributed by atoms with Crippen LogP contribution in [0.15, 0.2) is 48.5 Å². The Kier molecular flexibility index (Phi) is 7.03. The second-order valence-corrected chi connectivity index (χ2v) is 6.85. The minimum absolute atomic E-state index is 0.223. The van der Waals surface area contributed by atoms with E-state index in [1.807, 2.05) is 18.2 Å². The van der Waals surface area contributed by atoms with E-state index in [2.05, 4.69) is 62.0 Å². The van der Waals surface area contributed by atoms with Gasteiger partial charge in [0.1, 0.15) is 6.04 Å². The zero-order chi connectivity index (χ0) is 17.5. The normalized spacial score (nSPS) is 12.0. The Balaban J connectivity index is 1.96. The first-order valence-corrected chi connectivity index (χ1v) is 8.98. The summed E-state index contributed by atoms with van der Waals surface area (Å²) in [5, 5.41) is 7.95. The molecule has 0 amide bonds. The molecule has 3 N–H and O–H groups in total. The summed E-state index contributed by atoms with van der Waals surface area (Å²) < 4.78 is 0. The molecule has 0 aliphatic rings. The fourth-order valence-corrected chi connectivity index (χ4v) is 3.05. The third-order valence-electron chi connectivity index (χ3n) is 4.06. The van der Waals surface area contributed by atoms with E-state index in [9.17, 15) is 0 Å². The number of hydrogen-bond donors (Lipinski definition) is 3. The van der Waals surface area contributed by atoms with Crippen molar-refractivity contribution in [1.29, 1.82) is 0 Å². The van der Waals surface area contributed by atoms with Gasteiger partial charge in [-0.25, -0.2) is 0 Å². The van der Waals surface area contributed by atoms with Gasteiger partial charge in [-0.3, -0.25) is 0 Å². The van der Waals surface area contributed by atoms with Gasteiger partial charge in [0.05, 0.1) is 20.6 Å². The van der Waals surface area contributed by atoms with Crippen LogP contribution in [0.5, 0.6) is 0 Å². The van der Waals surface area contributed by atoms with Crippen molar-refractivity contribution in [1.82, 2.24) is 5.32 Å². The number of halogens is 1. The van der Waals surface area contributed by atoms with Crippen LogP contribution in [0.2, 0.25) is 5.02 Å². The van der Waals surface area contributed by atoms with E-state index in [0.717, 1.165) is 22.7 Å². The van der Waals surface area contributed by atoms with Crippen LogP contribution in [0.4, 0.5) is 5.69 Å². The zero-order valence-corrected chi connectivity index (χ0v) is 16.0. The van der Waals surface area contributed by atoms with Gasteiger partial charge in [-0.2, -0.15) is 0 Å². The molecule has 128 valence electrons. The molecule has 5 heteroatoms. The molecule has 2 aromatic carbocycles. The molecule has 24 heavy (non-hydrogen) atoms. The topological polar surface area (TPSA) is 28.5 Å². The van der Waals surface area contributed by atoms with Crippen molar-refractivity contribution >= 4 is 34.6 Å². The molecule has 0 aliphatic carbocycles. The highest BCUT2D eigenvalue weighted by molar-refractivity contribution is 7.80. The molecule has 1 atom stereocenters. The lowest BCUT2D eigenvalue weighted by Crippen LogP contribution is -3.07. The number of likely N-dealkylation sites (N-methyl/N-ethyl adjacent to an activating group) is 1. The number of aryl methyl sites for hydroxylation is 1. The van der Waals surface area contributed by atoms with E-state index in [-0.39, 0.29) is 6.04 Å². The maximum absolute atomic E-state index is 6.35. The fraction of sp³-hybridized carbons (Fsp3) is 0.316. The summed E-state index contributed by atoms with van der Waals surface area (Å²) >= 11 is 11.8. The molecule has 0 heterocycles. The van der Waals surface area contributed by atoms with Crippen LogP contribution in [0.25, 0.3) is 0 Å². The maximum Gasteiger partial charge on any atom is 0.171 e. The molecule has 0 unspecified atom stereocenters. The van der Waals surface area contributed by atoms with Crippen LogP contribution in [-0.4, -0.2) is 25.8 Å². The smallest absolute Gasteiger partial charge is 0.171 e. The van der Waals surface area contributed by atoms with E-state index in [4.69, 9.17) is 23.8 Å². The number of hydrogen-bond acceptors (Lipinski definition) is 1. The zero-order valence-electron chi connectivity index (χ0n) is 14.4. The van der Waals surface area contributed by atoms with E-state index in [1.54, 1.807) is 0 Å². The second kappa shape index (κ2) is 9.02. The van der Waals surface area contributed by atoms with Gasteiger partial charge in [-0.05, 0) is 42.4 Å². The average molecular weight is 363 g/mol. The minimum Gasteiger partial charge on any atom is -0.356 e. The largest absolute Gasteiger partial charge is 0.356 e. The lowest BCUT2D eigenvalue weighted by Gasteiger charge is -2.24. The van der Waals surface area contributed by atoms with Gasteiger partial charge in [-0.15, -0.1) is 0 Å². The monoisotopic (exact) mass is 362 g/mol. The third-order valence-corrected chi connectivity index (χ3v) is 4.65. The van der Waals surface area contributed by atoms with Gasteiger partial charge in [-0.1, -0.05) is 48.9 Å². The number of nitrogens with one attached hydrogen (secondary N) is 3. The Morgan fingerprint density at radius 2 is 1.79 bits per heavy atom. The van der Waals surface area contributed by atoms with Gasteiger partial charge < -0.3 is 15.5 Å². The minimum atomic E-state index is 0.223. The van der Waals surface area contributed by atoms with Crippen molar-refractivity contribution in [2.45, 2.75) is 19.4 Å². The summed E-state index contributed by atoms with van der Waals surface area (Å²) in [5.41, 5.74) is 3.44. The highest BCUT2D eigenvalue weighted by Crippen LogP contribution is 2.20. The molecule has 2 aromatic rings. The van der Waals surface area contributed by atoms with Gasteiger partial charge >= 0.3 is 0 Å². The van der Waals surface area contributed by atoms with Crippen LogP contribution >= 0.6 is 23.8 Å². The SMILES string of the molecule is CCc1ccc(NC(=S)NC[C@@H](c2ccccc2Cl)[NH+](C)C)cc1. The summed E-state index contributed by atoms with van der Waals surface area (Å²) in [6.07, 6.45) is 1.04. The molecule has 0 saturated heterocycles. The highest BCUT2D eigenvalue weighted by Gasteiger charge is 2.20. The van der Waals surface area contributed by atoms with Crippen LogP contribution in [-0.2, 0) is 6.42 Å². The summed E-state index contributed by atoms with van der Waals surface area (Å²) in [6.45, 7) is 2.86. The molecule has 2 rings (SSSR count). The maximum atomic E-state index is 6.35. The first-order chi connectivity index (χ1) is 11.5. The summed E-state index contributed by atoms with van der Waals surface area (Å²) in [4.78, 5) is 1.30. The van der Waals surface area contributed by atoms with Crippen LogP contribution in [0.3, 0.4) is 0 Å². The van der Waals surface area contributed by atoms with Crippen LogP contribution in [0, 0.1) is 0 Å². The lowest BCUT2D eigenvalue weighted by molar-refractivity contribution is -0.890. The average Bonchev–Trinajstić information content (AvgIpc) is 2.57. The molecule has 0 aromatic heterocycles. The predicted octanol–water partition coefficient (Wildman–Crippen LogP) is 3.07. The third kappa shape index (κ3) is 5.20. The number of thiocarbonyl (C=S) groups is 1. The lowest BCUT2D eigenvalue weighted by atomic mass is 10.1. The molecule has 0 spiro atoms. The summed E-state index contributed by atoms with van der Waals surface area (Å²) in [5.74, 6) is 0. The predicted molar refractivity (Wildman–Crippen MR) is 107 cm³/mol. The molecule has 0 radical (unpaired) electrons. The number of rotatable bonds is 6. The Labute approximate surface area is 155 Å².